The minimum Gasteiger partial charge on any atom is -0.469 e. The molecule has 0 amide bonds. The Morgan fingerprint density at radius 1 is 1.42 bits per heavy atom. The zero-order valence-corrected chi connectivity index (χ0v) is 12.1. The average Bonchev–Trinajstić information content (AvgIpc) is 3.12. The van der Waals surface area contributed by atoms with Crippen molar-refractivity contribution < 1.29 is 19.1 Å². The molecule has 5 atom stereocenters. The molecule has 2 aliphatic carbocycles. The number of rotatable bonds is 2. The fourth-order valence-electron chi connectivity index (χ4n) is 3.66. The molecule has 0 radical (unpaired) electrons. The molecule has 0 spiro atoms. The SMILES string of the molecule is CCC(C)C(=O)OC.O=C1OCC2C3CCC(C3)C12. The van der Waals surface area contributed by atoms with Crippen molar-refractivity contribution in [1.82, 2.24) is 0 Å². The number of carbonyl (C=O) groups excluding carboxylic acids is 2. The lowest BCUT2D eigenvalue weighted by Crippen LogP contribution is -2.22. The second-order valence-electron chi connectivity index (χ2n) is 5.99. The highest BCUT2D eigenvalue weighted by atomic mass is 16.5. The minimum absolute atomic E-state index is 0.0556. The summed E-state index contributed by atoms with van der Waals surface area (Å²) in [5, 5.41) is 0. The summed E-state index contributed by atoms with van der Waals surface area (Å²) in [4.78, 5) is 21.7. The van der Waals surface area contributed by atoms with E-state index in [9.17, 15) is 9.59 Å². The number of hydrogen-bond acceptors (Lipinski definition) is 4. The van der Waals surface area contributed by atoms with Gasteiger partial charge in [0.05, 0.1) is 25.6 Å². The molecule has 0 aromatic rings. The van der Waals surface area contributed by atoms with Crippen molar-refractivity contribution in [2.75, 3.05) is 13.7 Å². The van der Waals surface area contributed by atoms with Gasteiger partial charge in [-0.15, -0.1) is 0 Å². The van der Waals surface area contributed by atoms with Gasteiger partial charge in [0.1, 0.15) is 0 Å². The van der Waals surface area contributed by atoms with Crippen molar-refractivity contribution in [3.63, 3.8) is 0 Å². The first-order valence-corrected chi connectivity index (χ1v) is 7.32. The number of methoxy groups -OCH3 is 1. The first-order valence-electron chi connectivity index (χ1n) is 7.32. The second kappa shape index (κ2) is 5.93. The first kappa shape index (κ1) is 14.4. The van der Waals surface area contributed by atoms with Gasteiger partial charge in [0, 0.05) is 5.92 Å². The van der Waals surface area contributed by atoms with Gasteiger partial charge < -0.3 is 9.47 Å². The molecule has 3 rings (SSSR count). The van der Waals surface area contributed by atoms with E-state index < -0.39 is 0 Å². The van der Waals surface area contributed by atoms with E-state index in [0.29, 0.717) is 17.8 Å². The van der Waals surface area contributed by atoms with Crippen molar-refractivity contribution >= 4 is 11.9 Å². The highest BCUT2D eigenvalue weighted by Crippen LogP contribution is 2.54. The summed E-state index contributed by atoms with van der Waals surface area (Å²) < 4.78 is 9.53. The van der Waals surface area contributed by atoms with Crippen LogP contribution in [0.4, 0.5) is 0 Å². The molecule has 1 saturated heterocycles. The van der Waals surface area contributed by atoms with Crippen LogP contribution >= 0.6 is 0 Å². The van der Waals surface area contributed by atoms with E-state index in [1.165, 1.54) is 26.4 Å². The lowest BCUT2D eigenvalue weighted by molar-refractivity contribution is -0.145. The van der Waals surface area contributed by atoms with Crippen LogP contribution < -0.4 is 0 Å². The summed E-state index contributed by atoms with van der Waals surface area (Å²) in [6, 6.07) is 0. The fraction of sp³-hybridized carbons (Fsp3) is 0.867. The van der Waals surface area contributed by atoms with E-state index in [-0.39, 0.29) is 17.9 Å². The Kier molecular flexibility index (Phi) is 4.48. The maximum atomic E-state index is 11.2. The quantitative estimate of drug-likeness (QED) is 0.722. The molecule has 108 valence electrons. The summed E-state index contributed by atoms with van der Waals surface area (Å²) in [6.07, 6.45) is 4.79. The van der Waals surface area contributed by atoms with Crippen molar-refractivity contribution in [3.05, 3.63) is 0 Å². The predicted octanol–water partition coefficient (Wildman–Crippen LogP) is 2.41. The molecular formula is C15H24O4. The van der Waals surface area contributed by atoms with Crippen LogP contribution in [-0.4, -0.2) is 25.7 Å². The number of esters is 2. The van der Waals surface area contributed by atoms with Gasteiger partial charge >= 0.3 is 11.9 Å². The average molecular weight is 268 g/mol. The van der Waals surface area contributed by atoms with Crippen LogP contribution in [0.2, 0.25) is 0 Å². The topological polar surface area (TPSA) is 52.6 Å². The van der Waals surface area contributed by atoms with Gasteiger partial charge in [-0.05, 0) is 37.5 Å². The van der Waals surface area contributed by atoms with Crippen molar-refractivity contribution in [2.45, 2.75) is 39.5 Å². The summed E-state index contributed by atoms with van der Waals surface area (Å²) in [7, 11) is 1.41. The van der Waals surface area contributed by atoms with E-state index in [1.807, 2.05) is 13.8 Å². The lowest BCUT2D eigenvalue weighted by Gasteiger charge is -2.19. The van der Waals surface area contributed by atoms with Crippen molar-refractivity contribution in [3.8, 4) is 0 Å². The number of cyclic esters (lactones) is 1. The smallest absolute Gasteiger partial charge is 0.309 e. The summed E-state index contributed by atoms with van der Waals surface area (Å²) >= 11 is 0. The Labute approximate surface area is 114 Å². The van der Waals surface area contributed by atoms with E-state index in [2.05, 4.69) is 4.74 Å². The monoisotopic (exact) mass is 268 g/mol. The fourth-order valence-corrected chi connectivity index (χ4v) is 3.66. The van der Waals surface area contributed by atoms with Crippen LogP contribution in [0.15, 0.2) is 0 Å². The van der Waals surface area contributed by atoms with Crippen LogP contribution in [0.25, 0.3) is 0 Å². The second-order valence-corrected chi connectivity index (χ2v) is 5.99. The molecule has 5 unspecified atom stereocenters. The lowest BCUT2D eigenvalue weighted by atomic mass is 9.81. The third-order valence-electron chi connectivity index (χ3n) is 4.99. The molecular weight excluding hydrogens is 244 g/mol. The van der Waals surface area contributed by atoms with Crippen molar-refractivity contribution in [2.24, 2.45) is 29.6 Å². The molecule has 2 bridgehead atoms. The number of hydrogen-bond donors (Lipinski definition) is 0. The van der Waals surface area contributed by atoms with Gasteiger partial charge in [0.15, 0.2) is 0 Å². The third kappa shape index (κ3) is 2.77. The normalized spacial score (nSPS) is 36.1. The standard InChI is InChI=1S/C9H12O2.C6H12O2/c10-9-8-6-2-1-5(3-6)7(8)4-11-9;1-4-5(2)6(7)8-3/h5-8H,1-4H2;5H,4H2,1-3H3. The first-order chi connectivity index (χ1) is 9.08. The van der Waals surface area contributed by atoms with Gasteiger partial charge in [-0.25, -0.2) is 0 Å². The third-order valence-corrected chi connectivity index (χ3v) is 4.99. The van der Waals surface area contributed by atoms with E-state index in [0.717, 1.165) is 18.9 Å². The van der Waals surface area contributed by atoms with Gasteiger partial charge in [0.2, 0.25) is 0 Å². The van der Waals surface area contributed by atoms with Gasteiger partial charge in [-0.1, -0.05) is 13.8 Å². The van der Waals surface area contributed by atoms with Crippen LogP contribution in [0.5, 0.6) is 0 Å². The number of fused-ring (bicyclic) bond motifs is 5. The highest BCUT2D eigenvalue weighted by Gasteiger charge is 2.54. The van der Waals surface area contributed by atoms with Gasteiger partial charge in [-0.2, -0.15) is 0 Å². The van der Waals surface area contributed by atoms with Crippen LogP contribution in [0.3, 0.4) is 0 Å². The summed E-state index contributed by atoms with van der Waals surface area (Å²) in [5.74, 6) is 2.49. The Hall–Kier alpha value is -1.06. The number of ether oxygens (including phenoxy) is 2. The Balaban J connectivity index is 0.000000151. The minimum atomic E-state index is -0.118. The molecule has 0 aromatic carbocycles. The Bertz CT molecular complexity index is 352. The summed E-state index contributed by atoms with van der Waals surface area (Å²) in [5.41, 5.74) is 0. The zero-order valence-electron chi connectivity index (χ0n) is 12.1. The molecule has 2 saturated carbocycles. The molecule has 19 heavy (non-hydrogen) atoms. The zero-order chi connectivity index (χ0) is 14.0. The van der Waals surface area contributed by atoms with E-state index in [1.54, 1.807) is 0 Å². The molecule has 1 heterocycles. The maximum Gasteiger partial charge on any atom is 0.309 e. The van der Waals surface area contributed by atoms with Gasteiger partial charge in [0.25, 0.3) is 0 Å². The van der Waals surface area contributed by atoms with Crippen LogP contribution in [0, 0.1) is 29.6 Å². The van der Waals surface area contributed by atoms with Crippen LogP contribution in [0.1, 0.15) is 39.5 Å². The van der Waals surface area contributed by atoms with E-state index in [4.69, 9.17) is 4.74 Å². The molecule has 0 N–H and O–H groups in total. The predicted molar refractivity (Wildman–Crippen MR) is 70.2 cm³/mol. The maximum absolute atomic E-state index is 11.2. The number of carbonyl (C=O) groups is 2. The van der Waals surface area contributed by atoms with Gasteiger partial charge in [-0.3, -0.25) is 9.59 Å². The molecule has 3 aliphatic rings. The Morgan fingerprint density at radius 3 is 2.63 bits per heavy atom. The van der Waals surface area contributed by atoms with E-state index >= 15 is 0 Å². The molecule has 4 nitrogen and oxygen atoms in total. The molecule has 4 heteroatoms. The summed E-state index contributed by atoms with van der Waals surface area (Å²) in [6.45, 7) is 4.54. The molecule has 3 fully saturated rings. The molecule has 0 aromatic heterocycles. The largest absolute Gasteiger partial charge is 0.469 e. The highest BCUT2D eigenvalue weighted by molar-refractivity contribution is 5.76. The van der Waals surface area contributed by atoms with Crippen LogP contribution in [-0.2, 0) is 19.1 Å². The molecule has 1 aliphatic heterocycles. The van der Waals surface area contributed by atoms with Crippen molar-refractivity contribution in [1.29, 1.82) is 0 Å². The Morgan fingerprint density at radius 2 is 2.11 bits per heavy atom.